The molecule has 10 heteroatoms. The fourth-order valence-corrected chi connectivity index (χ4v) is 3.34. The second-order valence-electron chi connectivity index (χ2n) is 6.57. The SMILES string of the molecule is C=N/C=C\C(=N/Cc1cnc2cnc(C#N)cn12)N1CCOC(/C(C=N)=C/N)C1C. The smallest absolute Gasteiger partial charge is 0.157 e. The number of amidine groups is 1. The van der Waals surface area contributed by atoms with Gasteiger partial charge in [0.15, 0.2) is 11.3 Å². The van der Waals surface area contributed by atoms with E-state index in [0.29, 0.717) is 42.4 Å². The fraction of sp³-hybridized carbons (Fsp3) is 0.300. The van der Waals surface area contributed by atoms with Crippen LogP contribution in [0.5, 0.6) is 0 Å². The van der Waals surface area contributed by atoms with Crippen molar-refractivity contribution in [2.24, 2.45) is 15.7 Å². The number of nitrogens with one attached hydrogen (secondary N) is 1. The van der Waals surface area contributed by atoms with Crippen LogP contribution in [0.2, 0.25) is 0 Å². The summed E-state index contributed by atoms with van der Waals surface area (Å²) in [4.78, 5) is 19.0. The quantitative estimate of drug-likeness (QED) is 0.548. The zero-order valence-corrected chi connectivity index (χ0v) is 16.6. The molecule has 2 atom stereocenters. The number of aliphatic imine (C=N–C) groups is 2. The average molecular weight is 405 g/mol. The summed E-state index contributed by atoms with van der Waals surface area (Å²) in [5, 5.41) is 16.7. The Morgan fingerprint density at radius 2 is 2.33 bits per heavy atom. The van der Waals surface area contributed by atoms with E-state index < -0.39 is 0 Å². The van der Waals surface area contributed by atoms with Gasteiger partial charge in [-0.15, -0.1) is 0 Å². The van der Waals surface area contributed by atoms with Gasteiger partial charge in [-0.25, -0.2) is 9.97 Å². The van der Waals surface area contributed by atoms with Crippen LogP contribution in [0.3, 0.4) is 0 Å². The second kappa shape index (κ2) is 9.58. The monoisotopic (exact) mass is 405 g/mol. The Balaban J connectivity index is 1.92. The third kappa shape index (κ3) is 4.26. The molecule has 1 fully saturated rings. The molecule has 2 aromatic rings. The van der Waals surface area contributed by atoms with Crippen molar-refractivity contribution in [2.45, 2.75) is 25.6 Å². The standard InChI is InChI=1S/C20H23N9O/c1-14-20(15(7-21)8-22)30-6-5-28(14)18(3-4-24-2)26-10-17-11-27-19-12-25-16(9-23)13-29(17)19/h3-4,7-8,11-14,20-21H,2,5-6,10,22H2,1H3/b4-3-,15-8+,21-7?,26-18+. The van der Waals surface area contributed by atoms with Crippen molar-refractivity contribution in [3.8, 4) is 6.07 Å². The van der Waals surface area contributed by atoms with Gasteiger partial charge in [-0.3, -0.25) is 14.4 Å². The molecule has 3 heterocycles. The van der Waals surface area contributed by atoms with Crippen molar-refractivity contribution >= 4 is 24.4 Å². The number of hydrogen-bond donors (Lipinski definition) is 2. The summed E-state index contributed by atoms with van der Waals surface area (Å²) >= 11 is 0. The van der Waals surface area contributed by atoms with Crippen LogP contribution in [0.4, 0.5) is 0 Å². The molecular formula is C20H23N9O. The van der Waals surface area contributed by atoms with Crippen LogP contribution in [-0.4, -0.2) is 63.3 Å². The Bertz CT molecular complexity index is 1060. The van der Waals surface area contributed by atoms with Gasteiger partial charge >= 0.3 is 0 Å². The molecule has 0 amide bonds. The number of imidazole rings is 1. The molecule has 0 spiro atoms. The molecule has 1 aliphatic heterocycles. The third-order valence-corrected chi connectivity index (χ3v) is 4.86. The minimum Gasteiger partial charge on any atom is -0.404 e. The summed E-state index contributed by atoms with van der Waals surface area (Å²) < 4.78 is 7.65. The Labute approximate surface area is 174 Å². The van der Waals surface area contributed by atoms with Gasteiger partial charge in [-0.1, -0.05) is 0 Å². The average Bonchev–Trinajstić information content (AvgIpc) is 3.18. The molecule has 0 saturated carbocycles. The predicted molar refractivity (Wildman–Crippen MR) is 114 cm³/mol. The number of nitrogens with two attached hydrogens (primary N) is 1. The highest BCUT2D eigenvalue weighted by atomic mass is 16.5. The van der Waals surface area contributed by atoms with E-state index in [9.17, 15) is 0 Å². The van der Waals surface area contributed by atoms with Gasteiger partial charge in [-0.2, -0.15) is 5.26 Å². The molecule has 2 unspecified atom stereocenters. The van der Waals surface area contributed by atoms with Crippen molar-refractivity contribution in [3.05, 3.63) is 54.0 Å². The molecule has 3 N–H and O–H groups in total. The van der Waals surface area contributed by atoms with Crippen molar-refractivity contribution in [1.82, 2.24) is 19.3 Å². The van der Waals surface area contributed by atoms with Crippen LogP contribution >= 0.6 is 0 Å². The molecule has 10 nitrogen and oxygen atoms in total. The van der Waals surface area contributed by atoms with Gasteiger partial charge in [0.1, 0.15) is 18.0 Å². The first kappa shape index (κ1) is 20.9. The lowest BCUT2D eigenvalue weighted by atomic mass is 10.0. The summed E-state index contributed by atoms with van der Waals surface area (Å²) in [6, 6.07) is 1.93. The molecule has 1 saturated heterocycles. The summed E-state index contributed by atoms with van der Waals surface area (Å²) in [5.41, 5.74) is 8.04. The Hall–Kier alpha value is -3.84. The van der Waals surface area contributed by atoms with E-state index in [1.807, 2.05) is 13.0 Å². The molecule has 154 valence electrons. The molecule has 0 radical (unpaired) electrons. The van der Waals surface area contributed by atoms with Gasteiger partial charge in [0, 0.05) is 36.9 Å². The zero-order valence-electron chi connectivity index (χ0n) is 16.6. The lowest BCUT2D eigenvalue weighted by Gasteiger charge is -2.40. The van der Waals surface area contributed by atoms with Gasteiger partial charge in [0.2, 0.25) is 0 Å². The lowest BCUT2D eigenvalue weighted by molar-refractivity contribution is -0.0152. The number of morpholine rings is 1. The summed E-state index contributed by atoms with van der Waals surface area (Å²) in [6.45, 7) is 6.94. The molecule has 2 aromatic heterocycles. The molecule has 1 aliphatic rings. The number of rotatable bonds is 6. The van der Waals surface area contributed by atoms with Crippen LogP contribution < -0.4 is 5.73 Å². The van der Waals surface area contributed by atoms with Gasteiger partial charge < -0.3 is 20.8 Å². The van der Waals surface area contributed by atoms with Gasteiger partial charge in [0.25, 0.3) is 0 Å². The van der Waals surface area contributed by atoms with Crippen LogP contribution in [0, 0.1) is 16.7 Å². The normalized spacial score (nSPS) is 20.5. The minimum absolute atomic E-state index is 0.0973. The molecule has 30 heavy (non-hydrogen) atoms. The Kier molecular flexibility index (Phi) is 6.67. The van der Waals surface area contributed by atoms with E-state index in [-0.39, 0.29) is 12.1 Å². The summed E-state index contributed by atoms with van der Waals surface area (Å²) in [5.74, 6) is 0.703. The fourth-order valence-electron chi connectivity index (χ4n) is 3.34. The van der Waals surface area contributed by atoms with E-state index >= 15 is 0 Å². The lowest BCUT2D eigenvalue weighted by Crippen LogP contribution is -2.52. The predicted octanol–water partition coefficient (Wildman–Crippen LogP) is 1.30. The number of nitrogens with zero attached hydrogens (tertiary/aromatic N) is 7. The third-order valence-electron chi connectivity index (χ3n) is 4.86. The summed E-state index contributed by atoms with van der Waals surface area (Å²) in [6.07, 6.45) is 10.6. The Morgan fingerprint density at radius 3 is 3.03 bits per heavy atom. The topological polar surface area (TPSA) is 141 Å². The van der Waals surface area contributed by atoms with Gasteiger partial charge in [0.05, 0.1) is 37.3 Å². The van der Waals surface area contributed by atoms with Crippen molar-refractivity contribution < 1.29 is 4.74 Å². The molecule has 0 aliphatic carbocycles. The van der Waals surface area contributed by atoms with Crippen molar-refractivity contribution in [2.75, 3.05) is 13.2 Å². The number of aromatic nitrogens is 3. The highest BCUT2D eigenvalue weighted by Gasteiger charge is 2.32. The number of nitriles is 1. The first-order chi connectivity index (χ1) is 14.6. The Morgan fingerprint density at radius 1 is 1.50 bits per heavy atom. The van der Waals surface area contributed by atoms with Crippen LogP contribution in [0.1, 0.15) is 18.3 Å². The van der Waals surface area contributed by atoms with E-state index in [2.05, 4.69) is 26.6 Å². The maximum atomic E-state index is 9.10. The van der Waals surface area contributed by atoms with Crippen molar-refractivity contribution in [1.29, 1.82) is 10.7 Å². The van der Waals surface area contributed by atoms with E-state index in [1.54, 1.807) is 35.3 Å². The minimum atomic E-state index is -0.336. The largest absolute Gasteiger partial charge is 0.404 e. The van der Waals surface area contributed by atoms with Crippen LogP contribution in [0.15, 0.2) is 52.6 Å². The van der Waals surface area contributed by atoms with Crippen molar-refractivity contribution in [3.63, 3.8) is 0 Å². The maximum Gasteiger partial charge on any atom is 0.157 e. The van der Waals surface area contributed by atoms with E-state index in [0.717, 1.165) is 5.69 Å². The number of hydrogen-bond acceptors (Lipinski definition) is 8. The van der Waals surface area contributed by atoms with Crippen LogP contribution in [0.25, 0.3) is 5.65 Å². The maximum absolute atomic E-state index is 9.10. The van der Waals surface area contributed by atoms with E-state index in [1.165, 1.54) is 12.4 Å². The molecule has 0 bridgehead atoms. The zero-order chi connectivity index (χ0) is 21.5. The van der Waals surface area contributed by atoms with E-state index in [4.69, 9.17) is 26.1 Å². The summed E-state index contributed by atoms with van der Waals surface area (Å²) in [7, 11) is 0. The molecule has 3 rings (SSSR count). The van der Waals surface area contributed by atoms with Gasteiger partial charge in [-0.05, 0) is 19.7 Å². The van der Waals surface area contributed by atoms with Crippen LogP contribution in [-0.2, 0) is 11.3 Å². The first-order valence-corrected chi connectivity index (χ1v) is 9.32. The first-order valence-electron chi connectivity index (χ1n) is 9.32. The molecular weight excluding hydrogens is 382 g/mol. The highest BCUT2D eigenvalue weighted by Crippen LogP contribution is 2.20. The highest BCUT2D eigenvalue weighted by molar-refractivity contribution is 5.93. The second-order valence-corrected chi connectivity index (χ2v) is 6.57. The number of fused-ring (bicyclic) bond motifs is 1. The molecule has 0 aromatic carbocycles. The number of ether oxygens (including phenoxy) is 1.